The fourth-order valence-electron chi connectivity index (χ4n) is 2.48. The molecule has 2 aromatic rings. The van der Waals surface area contributed by atoms with Gasteiger partial charge in [0.15, 0.2) is 6.61 Å². The molecule has 1 aromatic carbocycles. The zero-order valence-electron chi connectivity index (χ0n) is 14.8. The molecule has 1 aromatic heterocycles. The second-order valence-corrected chi connectivity index (χ2v) is 6.83. The fraction of sp³-hybridized carbons (Fsp3) is 0.278. The predicted octanol–water partition coefficient (Wildman–Crippen LogP) is 3.38. The van der Waals surface area contributed by atoms with Crippen molar-refractivity contribution in [3.05, 3.63) is 56.5 Å². The van der Waals surface area contributed by atoms with E-state index in [0.29, 0.717) is 17.0 Å². The van der Waals surface area contributed by atoms with Gasteiger partial charge in [0.05, 0.1) is 17.4 Å². The number of rotatable bonds is 7. The predicted molar refractivity (Wildman–Crippen MR) is 99.8 cm³/mol. The molecular weight excluding hydrogens is 370 g/mol. The number of aryl methyl sites for hydroxylation is 2. The Balaban J connectivity index is 2.09. The highest BCUT2D eigenvalue weighted by Gasteiger charge is 2.21. The Morgan fingerprint density at radius 1 is 1.26 bits per heavy atom. The van der Waals surface area contributed by atoms with E-state index in [2.05, 4.69) is 0 Å². The van der Waals surface area contributed by atoms with Crippen LogP contribution in [0.4, 0.5) is 10.7 Å². The van der Waals surface area contributed by atoms with Crippen molar-refractivity contribution in [3.63, 3.8) is 0 Å². The molecule has 1 amide bonds. The highest BCUT2D eigenvalue weighted by atomic mass is 32.1. The van der Waals surface area contributed by atoms with Crippen LogP contribution in [0.3, 0.4) is 0 Å². The SMILES string of the molecule is Cc1cc(C)cc(N(CCC#N)C(=O)COC(=O)c2ccc([N+](=O)[O-])s2)c1. The molecule has 140 valence electrons. The summed E-state index contributed by atoms with van der Waals surface area (Å²) in [7, 11) is 0. The summed E-state index contributed by atoms with van der Waals surface area (Å²) < 4.78 is 5.00. The second kappa shape index (κ2) is 8.91. The molecule has 0 bridgehead atoms. The van der Waals surface area contributed by atoms with Gasteiger partial charge in [-0.1, -0.05) is 17.4 Å². The summed E-state index contributed by atoms with van der Waals surface area (Å²) in [5.41, 5.74) is 2.54. The molecule has 0 N–H and O–H groups in total. The zero-order chi connectivity index (χ0) is 20.0. The van der Waals surface area contributed by atoms with Crippen molar-refractivity contribution in [1.82, 2.24) is 0 Å². The first-order chi connectivity index (χ1) is 12.8. The van der Waals surface area contributed by atoms with Gasteiger partial charge in [-0.15, -0.1) is 0 Å². The number of nitriles is 1. The number of amides is 1. The van der Waals surface area contributed by atoms with E-state index in [1.54, 1.807) is 0 Å². The van der Waals surface area contributed by atoms with Gasteiger partial charge in [-0.3, -0.25) is 14.9 Å². The standard InChI is InChI=1S/C18H17N3O5S/c1-12-8-13(2)10-14(9-12)20(7-3-6-19)16(22)11-26-18(23)15-4-5-17(27-15)21(24)25/h4-5,8-10H,3,7,11H2,1-2H3. The lowest BCUT2D eigenvalue weighted by molar-refractivity contribution is -0.380. The molecule has 0 atom stereocenters. The summed E-state index contributed by atoms with van der Waals surface area (Å²) in [6.07, 6.45) is 0.129. The van der Waals surface area contributed by atoms with E-state index in [0.717, 1.165) is 11.1 Å². The lowest BCUT2D eigenvalue weighted by Crippen LogP contribution is -2.35. The Kier molecular flexibility index (Phi) is 6.62. The highest BCUT2D eigenvalue weighted by molar-refractivity contribution is 7.17. The van der Waals surface area contributed by atoms with E-state index in [-0.39, 0.29) is 22.8 Å². The lowest BCUT2D eigenvalue weighted by Gasteiger charge is -2.22. The number of carbonyl (C=O) groups excluding carboxylic acids is 2. The Hall–Kier alpha value is -3.25. The van der Waals surface area contributed by atoms with Crippen molar-refractivity contribution in [1.29, 1.82) is 5.26 Å². The van der Waals surface area contributed by atoms with Crippen molar-refractivity contribution in [3.8, 4) is 6.07 Å². The van der Waals surface area contributed by atoms with Crippen LogP contribution >= 0.6 is 11.3 Å². The molecule has 2 rings (SSSR count). The van der Waals surface area contributed by atoms with Crippen LogP contribution in [0, 0.1) is 35.3 Å². The Morgan fingerprint density at radius 2 is 1.93 bits per heavy atom. The van der Waals surface area contributed by atoms with Crippen molar-refractivity contribution >= 4 is 33.9 Å². The third kappa shape index (κ3) is 5.36. The third-order valence-electron chi connectivity index (χ3n) is 3.57. The summed E-state index contributed by atoms with van der Waals surface area (Å²) in [6, 6.07) is 10.1. The van der Waals surface area contributed by atoms with E-state index in [9.17, 15) is 19.7 Å². The molecule has 27 heavy (non-hydrogen) atoms. The van der Waals surface area contributed by atoms with Crippen molar-refractivity contribution in [2.24, 2.45) is 0 Å². The Labute approximate surface area is 159 Å². The van der Waals surface area contributed by atoms with Gasteiger partial charge in [-0.05, 0) is 43.2 Å². The minimum absolute atomic E-state index is 0.0458. The molecular formula is C18H17N3O5S. The molecule has 0 fully saturated rings. The number of esters is 1. The number of anilines is 1. The fourth-order valence-corrected chi connectivity index (χ4v) is 3.19. The van der Waals surface area contributed by atoms with E-state index in [1.165, 1.54) is 17.0 Å². The maximum absolute atomic E-state index is 12.6. The monoisotopic (exact) mass is 387 g/mol. The van der Waals surface area contributed by atoms with Crippen LogP contribution < -0.4 is 4.90 Å². The highest BCUT2D eigenvalue weighted by Crippen LogP contribution is 2.24. The van der Waals surface area contributed by atoms with E-state index in [4.69, 9.17) is 10.00 Å². The number of ether oxygens (including phenoxy) is 1. The van der Waals surface area contributed by atoms with Crippen LogP contribution in [0.15, 0.2) is 30.3 Å². The first-order valence-electron chi connectivity index (χ1n) is 7.98. The largest absolute Gasteiger partial charge is 0.451 e. The number of nitro groups is 1. The maximum atomic E-state index is 12.6. The molecule has 0 saturated carbocycles. The molecule has 8 nitrogen and oxygen atoms in total. The topological polar surface area (TPSA) is 114 Å². The van der Waals surface area contributed by atoms with Gasteiger partial charge in [-0.2, -0.15) is 5.26 Å². The molecule has 0 aliphatic heterocycles. The van der Waals surface area contributed by atoms with Crippen LogP contribution in [-0.4, -0.2) is 30.0 Å². The summed E-state index contributed by atoms with van der Waals surface area (Å²) in [5.74, 6) is -1.28. The number of nitrogens with zero attached hydrogens (tertiary/aromatic N) is 3. The molecule has 9 heteroatoms. The zero-order valence-corrected chi connectivity index (χ0v) is 15.6. The minimum atomic E-state index is -0.804. The Bertz CT molecular complexity index is 896. The summed E-state index contributed by atoms with van der Waals surface area (Å²) >= 11 is 0.682. The number of hydrogen-bond donors (Lipinski definition) is 0. The molecule has 0 aliphatic rings. The number of carbonyl (C=O) groups is 2. The van der Waals surface area contributed by atoms with Gasteiger partial charge in [0.2, 0.25) is 0 Å². The van der Waals surface area contributed by atoms with Gasteiger partial charge in [-0.25, -0.2) is 4.79 Å². The summed E-state index contributed by atoms with van der Waals surface area (Å²) in [5, 5.41) is 19.3. The van der Waals surface area contributed by atoms with Crippen LogP contribution in [-0.2, 0) is 9.53 Å². The van der Waals surface area contributed by atoms with Gasteiger partial charge < -0.3 is 9.64 Å². The Morgan fingerprint density at radius 3 is 2.48 bits per heavy atom. The van der Waals surface area contributed by atoms with Gasteiger partial charge >= 0.3 is 11.0 Å². The smallest absolute Gasteiger partial charge is 0.349 e. The first kappa shape index (κ1) is 20.1. The second-order valence-electron chi connectivity index (χ2n) is 5.77. The average molecular weight is 387 g/mol. The first-order valence-corrected chi connectivity index (χ1v) is 8.80. The molecule has 0 radical (unpaired) electrons. The minimum Gasteiger partial charge on any atom is -0.451 e. The number of hydrogen-bond acceptors (Lipinski definition) is 7. The van der Waals surface area contributed by atoms with Gasteiger partial charge in [0, 0.05) is 18.3 Å². The summed E-state index contributed by atoms with van der Waals surface area (Å²) in [4.78, 5) is 36.1. The van der Waals surface area contributed by atoms with Crippen molar-refractivity contribution < 1.29 is 19.2 Å². The molecule has 0 aliphatic carbocycles. The molecule has 0 unspecified atom stereocenters. The van der Waals surface area contributed by atoms with E-state index in [1.807, 2.05) is 38.1 Å². The van der Waals surface area contributed by atoms with Crippen LogP contribution in [0.5, 0.6) is 0 Å². The summed E-state index contributed by atoms with van der Waals surface area (Å²) in [6.45, 7) is 3.43. The van der Waals surface area contributed by atoms with Gasteiger partial charge in [0.25, 0.3) is 5.91 Å². The molecule has 0 saturated heterocycles. The van der Waals surface area contributed by atoms with Crippen molar-refractivity contribution in [2.75, 3.05) is 18.1 Å². The van der Waals surface area contributed by atoms with Crippen LogP contribution in [0.25, 0.3) is 0 Å². The lowest BCUT2D eigenvalue weighted by atomic mass is 10.1. The van der Waals surface area contributed by atoms with Crippen molar-refractivity contribution in [2.45, 2.75) is 20.3 Å². The van der Waals surface area contributed by atoms with E-state index < -0.39 is 23.4 Å². The van der Waals surface area contributed by atoms with Gasteiger partial charge in [0.1, 0.15) is 4.88 Å². The number of benzene rings is 1. The normalized spacial score (nSPS) is 10.1. The molecule has 1 heterocycles. The molecule has 0 spiro atoms. The number of thiophene rings is 1. The third-order valence-corrected chi connectivity index (χ3v) is 4.58. The van der Waals surface area contributed by atoms with Crippen LogP contribution in [0.1, 0.15) is 27.2 Å². The quantitative estimate of drug-likeness (QED) is 0.409. The maximum Gasteiger partial charge on any atom is 0.349 e. The van der Waals surface area contributed by atoms with E-state index >= 15 is 0 Å². The van der Waals surface area contributed by atoms with Crippen LogP contribution in [0.2, 0.25) is 0 Å². The average Bonchev–Trinajstić information content (AvgIpc) is 3.09.